The maximum atomic E-state index is 12.5. The molecule has 26 heavy (non-hydrogen) atoms. The second-order valence-corrected chi connectivity index (χ2v) is 6.95. The van der Waals surface area contributed by atoms with Gasteiger partial charge in [0.15, 0.2) is 5.78 Å². The van der Waals surface area contributed by atoms with Gasteiger partial charge < -0.3 is 14.4 Å². The Morgan fingerprint density at radius 2 is 1.77 bits per heavy atom. The molecule has 0 atom stereocenters. The molecule has 1 saturated heterocycles. The summed E-state index contributed by atoms with van der Waals surface area (Å²) < 4.78 is 11.9. The molecule has 1 N–H and O–H groups in total. The van der Waals surface area contributed by atoms with Crippen LogP contribution in [-0.2, 0) is 11.3 Å². The van der Waals surface area contributed by atoms with E-state index in [0.29, 0.717) is 50.3 Å². The van der Waals surface area contributed by atoms with E-state index in [-0.39, 0.29) is 11.8 Å². The number of likely N-dealkylation sites (tertiary alicyclic amines) is 1. The SMILES string of the molecule is N=C(OCc1ccccc1)N1CCC2(CC1)CC(=O)c1ccccc1O2. The molecule has 2 heterocycles. The number of ketones is 1. The molecule has 1 fully saturated rings. The molecule has 1 spiro atoms. The number of hydrogen-bond acceptors (Lipinski definition) is 4. The molecular formula is C21H22N2O3. The normalized spacial score (nSPS) is 18.2. The fraction of sp³-hybridized carbons (Fsp3) is 0.333. The van der Waals surface area contributed by atoms with Crippen LogP contribution in [0.3, 0.4) is 0 Å². The average molecular weight is 350 g/mol. The van der Waals surface area contributed by atoms with Crippen LogP contribution in [0.15, 0.2) is 54.6 Å². The van der Waals surface area contributed by atoms with Crippen molar-refractivity contribution in [2.24, 2.45) is 0 Å². The summed E-state index contributed by atoms with van der Waals surface area (Å²) in [6, 6.07) is 17.5. The van der Waals surface area contributed by atoms with Gasteiger partial charge in [-0.1, -0.05) is 42.5 Å². The summed E-state index contributed by atoms with van der Waals surface area (Å²) in [5.74, 6) is 0.836. The van der Waals surface area contributed by atoms with Gasteiger partial charge >= 0.3 is 0 Å². The maximum absolute atomic E-state index is 12.5. The van der Waals surface area contributed by atoms with Crippen LogP contribution in [0.4, 0.5) is 0 Å². The second kappa shape index (κ2) is 6.83. The standard InChI is InChI=1S/C21H22N2O3/c22-20(25-15-16-6-2-1-3-7-16)23-12-10-21(11-13-23)14-18(24)17-8-4-5-9-19(17)26-21/h1-9,22H,10-15H2. The van der Waals surface area contributed by atoms with Gasteiger partial charge in [-0.2, -0.15) is 0 Å². The largest absolute Gasteiger partial charge is 0.486 e. The van der Waals surface area contributed by atoms with Crippen LogP contribution in [0.1, 0.15) is 35.2 Å². The number of Topliss-reactive ketones (excluding diaryl/α,β-unsaturated/α-hetero) is 1. The average Bonchev–Trinajstić information content (AvgIpc) is 2.67. The first-order valence-electron chi connectivity index (χ1n) is 8.97. The summed E-state index contributed by atoms with van der Waals surface area (Å²) in [6.45, 7) is 1.70. The summed E-state index contributed by atoms with van der Waals surface area (Å²) in [4.78, 5) is 14.4. The number of carbonyl (C=O) groups excluding carboxylic acids is 1. The number of amidine groups is 1. The zero-order valence-electron chi connectivity index (χ0n) is 14.6. The Morgan fingerprint density at radius 1 is 1.08 bits per heavy atom. The Hall–Kier alpha value is -2.82. The van der Waals surface area contributed by atoms with E-state index in [9.17, 15) is 4.79 Å². The van der Waals surface area contributed by atoms with E-state index in [2.05, 4.69) is 0 Å². The highest BCUT2D eigenvalue weighted by Gasteiger charge is 2.43. The quantitative estimate of drug-likeness (QED) is 0.663. The van der Waals surface area contributed by atoms with Gasteiger partial charge in [-0.3, -0.25) is 10.2 Å². The summed E-state index contributed by atoms with van der Waals surface area (Å²) in [5.41, 5.74) is 1.28. The molecule has 2 aromatic rings. The van der Waals surface area contributed by atoms with Gasteiger partial charge in [-0.05, 0) is 17.7 Å². The van der Waals surface area contributed by atoms with E-state index in [1.807, 2.05) is 59.5 Å². The van der Waals surface area contributed by atoms with Crippen LogP contribution in [0.5, 0.6) is 5.75 Å². The zero-order chi connectivity index (χ0) is 18.0. The zero-order valence-corrected chi connectivity index (χ0v) is 14.6. The van der Waals surface area contributed by atoms with Crippen LogP contribution in [0.2, 0.25) is 0 Å². The molecule has 5 heteroatoms. The van der Waals surface area contributed by atoms with E-state index >= 15 is 0 Å². The summed E-state index contributed by atoms with van der Waals surface area (Å²) >= 11 is 0. The van der Waals surface area contributed by atoms with Crippen LogP contribution in [0, 0.1) is 5.41 Å². The molecule has 4 rings (SSSR count). The van der Waals surface area contributed by atoms with Gasteiger partial charge in [-0.15, -0.1) is 0 Å². The summed E-state index contributed by atoms with van der Waals surface area (Å²) in [6.07, 6.45) is 1.84. The number of benzene rings is 2. The molecule has 0 aromatic heterocycles. The summed E-state index contributed by atoms with van der Waals surface area (Å²) in [5, 5.41) is 8.19. The lowest BCUT2D eigenvalue weighted by Crippen LogP contribution is -2.52. The molecule has 2 aromatic carbocycles. The summed E-state index contributed by atoms with van der Waals surface area (Å²) in [7, 11) is 0. The first-order chi connectivity index (χ1) is 12.7. The molecule has 2 aliphatic heterocycles. The Morgan fingerprint density at radius 3 is 2.54 bits per heavy atom. The van der Waals surface area contributed by atoms with Gasteiger partial charge in [0.05, 0.1) is 12.0 Å². The van der Waals surface area contributed by atoms with E-state index in [1.165, 1.54) is 0 Å². The first-order valence-corrected chi connectivity index (χ1v) is 8.97. The molecule has 5 nitrogen and oxygen atoms in total. The highest BCUT2D eigenvalue weighted by Crippen LogP contribution is 2.39. The van der Waals surface area contributed by atoms with Crippen molar-refractivity contribution in [1.29, 1.82) is 5.41 Å². The molecule has 0 unspecified atom stereocenters. The van der Waals surface area contributed by atoms with Gasteiger partial charge in [-0.25, -0.2) is 0 Å². The van der Waals surface area contributed by atoms with Crippen LogP contribution >= 0.6 is 0 Å². The fourth-order valence-corrected chi connectivity index (χ4v) is 3.66. The third-order valence-corrected chi connectivity index (χ3v) is 5.18. The molecule has 0 aliphatic carbocycles. The molecule has 134 valence electrons. The van der Waals surface area contributed by atoms with Crippen molar-refractivity contribution in [2.45, 2.75) is 31.5 Å². The van der Waals surface area contributed by atoms with Crippen molar-refractivity contribution in [3.8, 4) is 5.75 Å². The Balaban J connectivity index is 1.35. The van der Waals surface area contributed by atoms with Gasteiger partial charge in [0.1, 0.15) is 18.0 Å². The highest BCUT2D eigenvalue weighted by molar-refractivity contribution is 6.00. The number of rotatable bonds is 2. The fourth-order valence-electron chi connectivity index (χ4n) is 3.66. The number of carbonyl (C=O) groups is 1. The van der Waals surface area contributed by atoms with Gasteiger partial charge in [0.25, 0.3) is 6.02 Å². The lowest BCUT2D eigenvalue weighted by atomic mass is 9.82. The van der Waals surface area contributed by atoms with Crippen LogP contribution < -0.4 is 4.74 Å². The Bertz CT molecular complexity index is 811. The molecular weight excluding hydrogens is 328 g/mol. The van der Waals surface area contributed by atoms with Crippen molar-refractivity contribution in [1.82, 2.24) is 4.90 Å². The molecule has 0 bridgehead atoms. The number of nitrogens with one attached hydrogen (secondary N) is 1. The number of piperidine rings is 1. The van der Waals surface area contributed by atoms with Crippen molar-refractivity contribution < 1.29 is 14.3 Å². The highest BCUT2D eigenvalue weighted by atomic mass is 16.5. The third kappa shape index (κ3) is 3.29. The van der Waals surface area contributed by atoms with Crippen LogP contribution in [0.25, 0.3) is 0 Å². The Kier molecular flexibility index (Phi) is 4.37. The first kappa shape index (κ1) is 16.6. The number of hydrogen-bond donors (Lipinski definition) is 1. The third-order valence-electron chi connectivity index (χ3n) is 5.18. The number of nitrogens with zero attached hydrogens (tertiary/aromatic N) is 1. The molecule has 2 aliphatic rings. The van der Waals surface area contributed by atoms with E-state index < -0.39 is 5.60 Å². The van der Waals surface area contributed by atoms with Crippen LogP contribution in [-0.4, -0.2) is 35.4 Å². The maximum Gasteiger partial charge on any atom is 0.284 e. The van der Waals surface area contributed by atoms with Gasteiger partial charge in [0.2, 0.25) is 0 Å². The predicted octanol–water partition coefficient (Wildman–Crippen LogP) is 3.64. The molecule has 0 amide bonds. The molecule has 0 radical (unpaired) electrons. The van der Waals surface area contributed by atoms with Crippen molar-refractivity contribution in [3.05, 3.63) is 65.7 Å². The minimum Gasteiger partial charge on any atom is -0.486 e. The predicted molar refractivity (Wildman–Crippen MR) is 98.5 cm³/mol. The second-order valence-electron chi connectivity index (χ2n) is 6.95. The monoisotopic (exact) mass is 350 g/mol. The van der Waals surface area contributed by atoms with E-state index in [4.69, 9.17) is 14.9 Å². The minimum absolute atomic E-state index is 0.149. The molecule has 0 saturated carbocycles. The van der Waals surface area contributed by atoms with Crippen molar-refractivity contribution >= 4 is 11.8 Å². The van der Waals surface area contributed by atoms with Gasteiger partial charge in [0, 0.05) is 25.9 Å². The van der Waals surface area contributed by atoms with Crippen molar-refractivity contribution in [3.63, 3.8) is 0 Å². The Labute approximate surface area is 153 Å². The number of ether oxygens (including phenoxy) is 2. The number of para-hydroxylation sites is 1. The van der Waals surface area contributed by atoms with Crippen molar-refractivity contribution in [2.75, 3.05) is 13.1 Å². The minimum atomic E-state index is -0.443. The lowest BCUT2D eigenvalue weighted by Gasteiger charge is -2.44. The van der Waals surface area contributed by atoms with E-state index in [0.717, 1.165) is 5.56 Å². The topological polar surface area (TPSA) is 62.6 Å². The lowest BCUT2D eigenvalue weighted by molar-refractivity contribution is -0.000905. The number of fused-ring (bicyclic) bond motifs is 1. The smallest absolute Gasteiger partial charge is 0.284 e. The van der Waals surface area contributed by atoms with E-state index in [1.54, 1.807) is 0 Å².